The Kier molecular flexibility index (Phi) is 6.31. The monoisotopic (exact) mass is 469 g/mol. The van der Waals surface area contributed by atoms with Crippen LogP contribution in [0.1, 0.15) is 22.6 Å². The van der Waals surface area contributed by atoms with Crippen molar-refractivity contribution < 1.29 is 9.18 Å². The van der Waals surface area contributed by atoms with E-state index in [9.17, 15) is 9.18 Å². The van der Waals surface area contributed by atoms with Gasteiger partial charge in [-0.05, 0) is 43.0 Å². The topological polar surface area (TPSA) is 61.4 Å². The average molecular weight is 470 g/mol. The summed E-state index contributed by atoms with van der Waals surface area (Å²) in [5, 5.41) is 5.20. The van der Waals surface area contributed by atoms with Crippen LogP contribution in [-0.4, -0.2) is 47.1 Å². The lowest BCUT2D eigenvalue weighted by molar-refractivity contribution is 0.208. The highest BCUT2D eigenvalue weighted by atomic mass is 19.1. The van der Waals surface area contributed by atoms with Gasteiger partial charge in [0.15, 0.2) is 0 Å². The van der Waals surface area contributed by atoms with Crippen LogP contribution in [0.3, 0.4) is 0 Å². The van der Waals surface area contributed by atoms with Crippen molar-refractivity contribution in [2.75, 3.05) is 36.4 Å². The molecule has 0 atom stereocenters. The van der Waals surface area contributed by atoms with Gasteiger partial charge in [-0.3, -0.25) is 0 Å². The number of aromatic nitrogens is 2. The van der Waals surface area contributed by atoms with Gasteiger partial charge in [-0.1, -0.05) is 48.5 Å². The van der Waals surface area contributed by atoms with Crippen LogP contribution in [0, 0.1) is 19.7 Å². The van der Waals surface area contributed by atoms with E-state index in [4.69, 9.17) is 4.98 Å². The van der Waals surface area contributed by atoms with Gasteiger partial charge in [0.25, 0.3) is 0 Å². The van der Waals surface area contributed by atoms with Crippen LogP contribution in [0.15, 0.2) is 66.7 Å². The molecular formula is C28H28FN5O. The largest absolute Gasteiger partial charge is 0.353 e. The lowest BCUT2D eigenvalue weighted by atomic mass is 10.0. The molecule has 0 saturated carbocycles. The third-order valence-corrected chi connectivity index (χ3v) is 6.47. The Morgan fingerprint density at radius 1 is 0.943 bits per heavy atom. The first kappa shape index (κ1) is 22.8. The summed E-state index contributed by atoms with van der Waals surface area (Å²) in [4.78, 5) is 26.4. The summed E-state index contributed by atoms with van der Waals surface area (Å²) in [6.07, 6.45) is 0.557. The van der Waals surface area contributed by atoms with Gasteiger partial charge in [-0.15, -0.1) is 0 Å². The SMILES string of the molecule is Cc1nc(C)c(Cc2cccc(F)c2)c(N2CCN(C(=O)Nc3cccc4ccccc34)CC2)n1. The number of nitrogens with one attached hydrogen (secondary N) is 1. The van der Waals surface area contributed by atoms with E-state index in [1.807, 2.05) is 67.3 Å². The standard InChI is InChI=1S/C28H28FN5O/c1-19-25(18-21-7-5-10-23(29)17-21)27(31-20(2)30-19)33-13-15-34(16-14-33)28(35)32-26-12-6-9-22-8-3-4-11-24(22)26/h3-12,17H,13-16,18H2,1-2H3,(H,32,35). The Labute approximate surface area is 204 Å². The van der Waals surface area contributed by atoms with Crippen molar-refractivity contribution in [3.8, 4) is 0 Å². The molecule has 0 aliphatic carbocycles. The molecule has 1 N–H and O–H groups in total. The first-order chi connectivity index (χ1) is 17.0. The summed E-state index contributed by atoms with van der Waals surface area (Å²) in [5.41, 5.74) is 3.59. The lowest BCUT2D eigenvalue weighted by Gasteiger charge is -2.36. The van der Waals surface area contributed by atoms with Crippen LogP contribution in [-0.2, 0) is 6.42 Å². The molecule has 2 amide bonds. The van der Waals surface area contributed by atoms with Gasteiger partial charge < -0.3 is 15.1 Å². The Bertz CT molecular complexity index is 1380. The predicted octanol–water partition coefficient (Wildman–Crippen LogP) is 5.33. The molecule has 1 aliphatic rings. The van der Waals surface area contributed by atoms with Gasteiger partial charge in [-0.25, -0.2) is 19.2 Å². The zero-order chi connectivity index (χ0) is 24.4. The van der Waals surface area contributed by atoms with Crippen molar-refractivity contribution in [3.63, 3.8) is 0 Å². The smallest absolute Gasteiger partial charge is 0.321 e. The van der Waals surface area contributed by atoms with Gasteiger partial charge >= 0.3 is 6.03 Å². The van der Waals surface area contributed by atoms with Crippen LogP contribution in [0.4, 0.5) is 20.7 Å². The van der Waals surface area contributed by atoms with Gasteiger partial charge in [0.2, 0.25) is 0 Å². The minimum absolute atomic E-state index is 0.101. The number of benzene rings is 3. The average Bonchev–Trinajstić information content (AvgIpc) is 2.86. The molecule has 1 aromatic heterocycles. The van der Waals surface area contributed by atoms with Crippen molar-refractivity contribution in [1.82, 2.24) is 14.9 Å². The minimum atomic E-state index is -0.249. The quantitative estimate of drug-likeness (QED) is 0.439. The molecule has 4 aromatic rings. The summed E-state index contributed by atoms with van der Waals surface area (Å²) < 4.78 is 13.8. The Morgan fingerprint density at radius 2 is 1.69 bits per heavy atom. The number of piperazine rings is 1. The summed E-state index contributed by atoms with van der Waals surface area (Å²) in [6, 6.07) is 20.5. The van der Waals surface area contributed by atoms with Crippen molar-refractivity contribution >= 4 is 28.3 Å². The van der Waals surface area contributed by atoms with Crippen LogP contribution < -0.4 is 10.2 Å². The minimum Gasteiger partial charge on any atom is -0.353 e. The molecule has 2 heterocycles. The Morgan fingerprint density at radius 3 is 2.49 bits per heavy atom. The maximum atomic E-state index is 13.8. The summed E-state index contributed by atoms with van der Waals surface area (Å²) in [7, 11) is 0. The van der Waals surface area contributed by atoms with E-state index in [-0.39, 0.29) is 11.8 Å². The highest BCUT2D eigenvalue weighted by Gasteiger charge is 2.25. The van der Waals surface area contributed by atoms with Gasteiger partial charge in [0, 0.05) is 49.2 Å². The number of urea groups is 1. The predicted molar refractivity (Wildman–Crippen MR) is 137 cm³/mol. The molecule has 0 spiro atoms. The number of halogens is 1. The van der Waals surface area contributed by atoms with Crippen molar-refractivity contribution in [1.29, 1.82) is 0 Å². The van der Waals surface area contributed by atoms with Gasteiger partial charge in [0.1, 0.15) is 17.5 Å². The Balaban J connectivity index is 1.30. The third kappa shape index (κ3) is 4.94. The normalized spacial score (nSPS) is 13.8. The number of anilines is 2. The van der Waals surface area contributed by atoms with E-state index in [1.54, 1.807) is 12.1 Å². The summed E-state index contributed by atoms with van der Waals surface area (Å²) >= 11 is 0. The second-order valence-electron chi connectivity index (χ2n) is 8.90. The summed E-state index contributed by atoms with van der Waals surface area (Å²) in [5.74, 6) is 1.32. The highest BCUT2D eigenvalue weighted by Crippen LogP contribution is 2.26. The fourth-order valence-corrected chi connectivity index (χ4v) is 4.69. The number of amides is 2. The van der Waals surface area contributed by atoms with Crippen molar-refractivity contribution in [2.45, 2.75) is 20.3 Å². The number of rotatable bonds is 4. The fraction of sp³-hybridized carbons (Fsp3) is 0.250. The molecule has 1 saturated heterocycles. The van der Waals surface area contributed by atoms with Crippen LogP contribution in [0.2, 0.25) is 0 Å². The van der Waals surface area contributed by atoms with Crippen LogP contribution >= 0.6 is 0 Å². The number of hydrogen-bond acceptors (Lipinski definition) is 4. The zero-order valence-electron chi connectivity index (χ0n) is 20.0. The maximum Gasteiger partial charge on any atom is 0.321 e. The molecule has 0 bridgehead atoms. The molecule has 7 heteroatoms. The molecular weight excluding hydrogens is 441 g/mol. The van der Waals surface area contributed by atoms with E-state index in [2.05, 4.69) is 15.2 Å². The number of aryl methyl sites for hydroxylation is 2. The number of carbonyl (C=O) groups excluding carboxylic acids is 1. The second-order valence-corrected chi connectivity index (χ2v) is 8.90. The fourth-order valence-electron chi connectivity index (χ4n) is 4.69. The molecule has 35 heavy (non-hydrogen) atoms. The molecule has 178 valence electrons. The van der Waals surface area contributed by atoms with Crippen molar-refractivity contribution in [3.05, 3.63) is 95.2 Å². The third-order valence-electron chi connectivity index (χ3n) is 6.47. The zero-order valence-corrected chi connectivity index (χ0v) is 20.0. The summed E-state index contributed by atoms with van der Waals surface area (Å²) in [6.45, 7) is 6.34. The van der Waals surface area contributed by atoms with Gasteiger partial charge in [-0.2, -0.15) is 0 Å². The number of nitrogens with zero attached hydrogens (tertiary/aromatic N) is 4. The van der Waals surface area contributed by atoms with E-state index >= 15 is 0 Å². The number of fused-ring (bicyclic) bond motifs is 1. The Hall–Kier alpha value is -4.00. The van der Waals surface area contributed by atoms with E-state index < -0.39 is 0 Å². The van der Waals surface area contributed by atoms with E-state index in [1.165, 1.54) is 6.07 Å². The van der Waals surface area contributed by atoms with Crippen LogP contribution in [0.5, 0.6) is 0 Å². The maximum absolute atomic E-state index is 13.8. The molecule has 0 radical (unpaired) electrons. The first-order valence-corrected chi connectivity index (χ1v) is 11.8. The van der Waals surface area contributed by atoms with E-state index in [0.717, 1.165) is 39.1 Å². The highest BCUT2D eigenvalue weighted by molar-refractivity contribution is 6.01. The van der Waals surface area contributed by atoms with E-state index in [0.29, 0.717) is 38.4 Å². The van der Waals surface area contributed by atoms with Gasteiger partial charge in [0.05, 0.1) is 5.69 Å². The number of hydrogen-bond donors (Lipinski definition) is 1. The lowest BCUT2D eigenvalue weighted by Crippen LogP contribution is -2.50. The van der Waals surface area contributed by atoms with Crippen molar-refractivity contribution in [2.24, 2.45) is 0 Å². The molecule has 1 fully saturated rings. The van der Waals surface area contributed by atoms with Crippen LogP contribution in [0.25, 0.3) is 10.8 Å². The second kappa shape index (κ2) is 9.70. The molecule has 6 nitrogen and oxygen atoms in total. The molecule has 0 unspecified atom stereocenters. The molecule has 1 aliphatic heterocycles. The number of carbonyl (C=O) groups is 1. The molecule has 5 rings (SSSR count). The first-order valence-electron chi connectivity index (χ1n) is 11.8. The molecule has 3 aromatic carbocycles.